The van der Waals surface area contributed by atoms with Gasteiger partial charge in [-0.25, -0.2) is 4.79 Å². The largest absolute Gasteiger partial charge is 0.451 e. The van der Waals surface area contributed by atoms with E-state index in [1.165, 1.54) is 14.2 Å². The van der Waals surface area contributed by atoms with E-state index in [2.05, 4.69) is 20.7 Å². The highest BCUT2D eigenvalue weighted by atomic mass is 79.9. The van der Waals surface area contributed by atoms with E-state index < -0.39 is 6.09 Å². The zero-order valence-electron chi connectivity index (χ0n) is 8.57. The van der Waals surface area contributed by atoms with Gasteiger partial charge in [-0.05, 0) is 11.6 Å². The summed E-state index contributed by atoms with van der Waals surface area (Å²) in [5.41, 5.74) is 1.62. The molecule has 0 fully saturated rings. The van der Waals surface area contributed by atoms with Crippen LogP contribution >= 0.6 is 15.9 Å². The molecule has 1 rings (SSSR count). The summed E-state index contributed by atoms with van der Waals surface area (Å²) in [5.74, 6) is 0. The van der Waals surface area contributed by atoms with Crippen molar-refractivity contribution in [1.82, 2.24) is 0 Å². The van der Waals surface area contributed by atoms with Crippen LogP contribution in [0.15, 0.2) is 24.3 Å². The van der Waals surface area contributed by atoms with Crippen LogP contribution in [0.1, 0.15) is 5.56 Å². The maximum atomic E-state index is 11.4. The van der Waals surface area contributed by atoms with Crippen molar-refractivity contribution in [3.8, 4) is 0 Å². The number of carbonyl (C=O) groups excluding carboxylic acids is 1. The summed E-state index contributed by atoms with van der Waals surface area (Å²) < 4.78 is 4.60. The van der Waals surface area contributed by atoms with E-state index in [0.29, 0.717) is 11.0 Å². The number of ether oxygens (including phenoxy) is 1. The molecule has 0 aromatic heterocycles. The third-order valence-electron chi connectivity index (χ3n) is 1.88. The molecule has 0 atom stereocenters. The normalized spacial score (nSPS) is 9.80. The number of amides is 1. The lowest BCUT2D eigenvalue weighted by molar-refractivity contribution is 0.115. The first kappa shape index (κ1) is 12.0. The second-order valence-corrected chi connectivity index (χ2v) is 3.27. The van der Waals surface area contributed by atoms with E-state index in [9.17, 15) is 4.79 Å². The SMILES string of the molecule is COC(=O)N(OC)c1ccccc1CBr. The maximum absolute atomic E-state index is 11.4. The second kappa shape index (κ2) is 5.72. The molecule has 0 unspecified atom stereocenters. The monoisotopic (exact) mass is 273 g/mol. The molecule has 0 saturated heterocycles. The highest BCUT2D eigenvalue weighted by Gasteiger charge is 2.18. The molecule has 0 aliphatic rings. The molecular formula is C10H12BrNO3. The van der Waals surface area contributed by atoms with Crippen LogP contribution in [0.5, 0.6) is 0 Å². The number of para-hydroxylation sites is 1. The number of nitrogens with zero attached hydrogens (tertiary/aromatic N) is 1. The third-order valence-corrected chi connectivity index (χ3v) is 2.48. The van der Waals surface area contributed by atoms with Gasteiger partial charge in [0.15, 0.2) is 0 Å². The first-order valence-corrected chi connectivity index (χ1v) is 5.42. The van der Waals surface area contributed by atoms with Crippen molar-refractivity contribution in [1.29, 1.82) is 0 Å². The van der Waals surface area contributed by atoms with Gasteiger partial charge in [0.2, 0.25) is 0 Å². The molecule has 0 N–H and O–H groups in total. The van der Waals surface area contributed by atoms with Crippen LogP contribution in [-0.4, -0.2) is 20.3 Å². The van der Waals surface area contributed by atoms with Gasteiger partial charge in [0.05, 0.1) is 19.9 Å². The molecule has 1 aromatic carbocycles. The Labute approximate surface area is 96.9 Å². The van der Waals surface area contributed by atoms with E-state index in [1.54, 1.807) is 6.07 Å². The van der Waals surface area contributed by atoms with Gasteiger partial charge in [0.25, 0.3) is 0 Å². The highest BCUT2D eigenvalue weighted by molar-refractivity contribution is 9.08. The van der Waals surface area contributed by atoms with Crippen molar-refractivity contribution in [2.24, 2.45) is 0 Å². The topological polar surface area (TPSA) is 38.8 Å². The summed E-state index contributed by atoms with van der Waals surface area (Å²) in [6.45, 7) is 0. The molecule has 15 heavy (non-hydrogen) atoms. The number of hydrogen-bond donors (Lipinski definition) is 0. The van der Waals surface area contributed by atoms with E-state index in [-0.39, 0.29) is 0 Å². The molecule has 0 aliphatic heterocycles. The molecule has 0 aliphatic carbocycles. The average molecular weight is 274 g/mol. The zero-order chi connectivity index (χ0) is 11.3. The second-order valence-electron chi connectivity index (χ2n) is 2.71. The Morgan fingerprint density at radius 1 is 1.40 bits per heavy atom. The number of carbonyl (C=O) groups is 1. The van der Waals surface area contributed by atoms with Crippen molar-refractivity contribution in [2.45, 2.75) is 5.33 Å². The number of anilines is 1. The predicted octanol–water partition coefficient (Wildman–Crippen LogP) is 2.72. The number of rotatable bonds is 3. The van der Waals surface area contributed by atoms with Crippen LogP contribution in [0, 0.1) is 0 Å². The lowest BCUT2D eigenvalue weighted by Crippen LogP contribution is -2.30. The van der Waals surface area contributed by atoms with Crippen molar-refractivity contribution < 1.29 is 14.4 Å². The maximum Gasteiger partial charge on any atom is 0.438 e. The number of hydroxylamine groups is 1. The van der Waals surface area contributed by atoms with Gasteiger partial charge in [-0.2, -0.15) is 5.06 Å². The van der Waals surface area contributed by atoms with E-state index in [1.807, 2.05) is 18.2 Å². The van der Waals surface area contributed by atoms with Crippen LogP contribution in [0.3, 0.4) is 0 Å². The summed E-state index contributed by atoms with van der Waals surface area (Å²) in [4.78, 5) is 16.3. The number of halogens is 1. The van der Waals surface area contributed by atoms with Gasteiger partial charge >= 0.3 is 6.09 Å². The van der Waals surface area contributed by atoms with Crippen molar-refractivity contribution in [2.75, 3.05) is 19.3 Å². The van der Waals surface area contributed by atoms with Gasteiger partial charge in [-0.3, -0.25) is 4.84 Å². The minimum Gasteiger partial charge on any atom is -0.451 e. The molecule has 0 heterocycles. The van der Waals surface area contributed by atoms with Gasteiger partial charge < -0.3 is 4.74 Å². The Morgan fingerprint density at radius 2 is 2.07 bits per heavy atom. The summed E-state index contributed by atoms with van der Waals surface area (Å²) >= 11 is 3.34. The average Bonchev–Trinajstić information content (AvgIpc) is 2.30. The molecule has 0 bridgehead atoms. The summed E-state index contributed by atoms with van der Waals surface area (Å²) in [6.07, 6.45) is -0.550. The lowest BCUT2D eigenvalue weighted by Gasteiger charge is -2.20. The molecule has 0 saturated carbocycles. The summed E-state index contributed by atoms with van der Waals surface area (Å²) in [6, 6.07) is 7.41. The molecule has 4 nitrogen and oxygen atoms in total. The summed E-state index contributed by atoms with van der Waals surface area (Å²) in [5, 5.41) is 1.75. The van der Waals surface area contributed by atoms with Crippen molar-refractivity contribution in [3.63, 3.8) is 0 Å². The Morgan fingerprint density at radius 3 is 2.60 bits per heavy atom. The number of benzene rings is 1. The Kier molecular flexibility index (Phi) is 4.58. The Hall–Kier alpha value is -1.07. The molecule has 0 spiro atoms. The molecule has 1 aromatic rings. The van der Waals surface area contributed by atoms with Crippen LogP contribution in [-0.2, 0) is 14.9 Å². The predicted molar refractivity (Wildman–Crippen MR) is 61.0 cm³/mol. The van der Waals surface area contributed by atoms with Crippen molar-refractivity contribution >= 4 is 27.7 Å². The fourth-order valence-electron chi connectivity index (χ4n) is 1.18. The van der Waals surface area contributed by atoms with Crippen LogP contribution < -0.4 is 5.06 Å². The molecular weight excluding hydrogens is 262 g/mol. The van der Waals surface area contributed by atoms with E-state index >= 15 is 0 Å². The first-order chi connectivity index (χ1) is 7.24. The molecule has 82 valence electrons. The lowest BCUT2D eigenvalue weighted by atomic mass is 10.2. The summed E-state index contributed by atoms with van der Waals surface area (Å²) in [7, 11) is 2.73. The van der Waals surface area contributed by atoms with Crippen LogP contribution in [0.4, 0.5) is 10.5 Å². The van der Waals surface area contributed by atoms with Gasteiger partial charge in [-0.1, -0.05) is 34.1 Å². The van der Waals surface area contributed by atoms with Crippen LogP contribution in [0.25, 0.3) is 0 Å². The van der Waals surface area contributed by atoms with E-state index in [0.717, 1.165) is 10.6 Å². The highest BCUT2D eigenvalue weighted by Crippen LogP contribution is 2.23. The van der Waals surface area contributed by atoms with Gasteiger partial charge in [-0.15, -0.1) is 0 Å². The van der Waals surface area contributed by atoms with Crippen LogP contribution in [0.2, 0.25) is 0 Å². The minimum absolute atomic E-state index is 0.550. The smallest absolute Gasteiger partial charge is 0.438 e. The Bertz CT molecular complexity index is 343. The fourth-order valence-corrected chi connectivity index (χ4v) is 1.65. The number of alkyl halides is 1. The van der Waals surface area contributed by atoms with Crippen molar-refractivity contribution in [3.05, 3.63) is 29.8 Å². The van der Waals surface area contributed by atoms with Gasteiger partial charge in [0.1, 0.15) is 0 Å². The van der Waals surface area contributed by atoms with Gasteiger partial charge in [0, 0.05) is 5.33 Å². The standard InChI is InChI=1S/C10H12BrNO3/c1-14-10(13)12(15-2)9-6-4-3-5-8(9)7-11/h3-6H,7H2,1-2H3. The molecule has 5 heteroatoms. The first-order valence-electron chi connectivity index (χ1n) is 4.30. The third kappa shape index (κ3) is 2.70. The molecule has 1 amide bonds. The molecule has 0 radical (unpaired) electrons. The Balaban J connectivity index is 3.05. The van der Waals surface area contributed by atoms with E-state index in [4.69, 9.17) is 4.84 Å². The number of methoxy groups -OCH3 is 1. The fraction of sp³-hybridized carbons (Fsp3) is 0.300. The number of hydrogen-bond acceptors (Lipinski definition) is 3. The minimum atomic E-state index is -0.550. The zero-order valence-corrected chi connectivity index (χ0v) is 10.2. The quantitative estimate of drug-likeness (QED) is 0.628.